The SMILES string of the molecule is O=[N+]([O-])c1ccc(COc2ccc(CO)cc2Cl)c(Br)c1. The maximum Gasteiger partial charge on any atom is 0.270 e. The van der Waals surface area contributed by atoms with Gasteiger partial charge in [-0.2, -0.15) is 0 Å². The van der Waals surface area contributed by atoms with Gasteiger partial charge in [-0.1, -0.05) is 33.6 Å². The maximum absolute atomic E-state index is 10.7. The van der Waals surface area contributed by atoms with Gasteiger partial charge < -0.3 is 9.84 Å². The van der Waals surface area contributed by atoms with Crippen molar-refractivity contribution in [1.29, 1.82) is 0 Å². The lowest BCUT2D eigenvalue weighted by molar-refractivity contribution is -0.384. The van der Waals surface area contributed by atoms with Crippen LogP contribution in [0.15, 0.2) is 40.9 Å². The molecule has 1 N–H and O–H groups in total. The van der Waals surface area contributed by atoms with E-state index < -0.39 is 4.92 Å². The van der Waals surface area contributed by atoms with Crippen molar-refractivity contribution in [3.05, 3.63) is 67.1 Å². The molecule has 2 aromatic carbocycles. The summed E-state index contributed by atoms with van der Waals surface area (Å²) in [5, 5.41) is 20.1. The van der Waals surface area contributed by atoms with E-state index >= 15 is 0 Å². The second-order valence-corrected chi connectivity index (χ2v) is 5.51. The molecule has 5 nitrogen and oxygen atoms in total. The zero-order valence-electron chi connectivity index (χ0n) is 10.8. The standard InChI is InChI=1S/C14H11BrClNO4/c15-12-6-11(17(19)20)3-2-10(12)8-21-14-4-1-9(7-18)5-13(14)16/h1-6,18H,7-8H2. The molecule has 0 saturated heterocycles. The monoisotopic (exact) mass is 371 g/mol. The minimum atomic E-state index is -0.458. The molecule has 0 bridgehead atoms. The molecule has 21 heavy (non-hydrogen) atoms. The molecular formula is C14H11BrClNO4. The third-order valence-electron chi connectivity index (χ3n) is 2.81. The van der Waals surface area contributed by atoms with Crippen LogP contribution in [0, 0.1) is 10.1 Å². The van der Waals surface area contributed by atoms with Crippen molar-refractivity contribution < 1.29 is 14.8 Å². The fourth-order valence-corrected chi connectivity index (χ4v) is 2.42. The largest absolute Gasteiger partial charge is 0.487 e. The Labute approximate surface area is 134 Å². The van der Waals surface area contributed by atoms with E-state index in [1.807, 2.05) is 0 Å². The minimum Gasteiger partial charge on any atom is -0.487 e. The van der Waals surface area contributed by atoms with Crippen LogP contribution in [0.4, 0.5) is 5.69 Å². The second-order valence-electron chi connectivity index (χ2n) is 4.24. The molecule has 0 radical (unpaired) electrons. The van der Waals surface area contributed by atoms with Gasteiger partial charge in [0.25, 0.3) is 5.69 Å². The smallest absolute Gasteiger partial charge is 0.270 e. The van der Waals surface area contributed by atoms with Crippen molar-refractivity contribution in [3.8, 4) is 5.75 Å². The first-order valence-corrected chi connectivity index (χ1v) is 7.13. The van der Waals surface area contributed by atoms with Crippen LogP contribution in [0.3, 0.4) is 0 Å². The molecule has 0 aliphatic rings. The van der Waals surface area contributed by atoms with E-state index in [4.69, 9.17) is 21.4 Å². The summed E-state index contributed by atoms with van der Waals surface area (Å²) in [7, 11) is 0. The van der Waals surface area contributed by atoms with Crippen molar-refractivity contribution in [2.75, 3.05) is 0 Å². The summed E-state index contributed by atoms with van der Waals surface area (Å²) >= 11 is 9.32. The van der Waals surface area contributed by atoms with Crippen molar-refractivity contribution in [2.45, 2.75) is 13.2 Å². The minimum absolute atomic E-state index is 0.0101. The van der Waals surface area contributed by atoms with Crippen LogP contribution in [-0.2, 0) is 13.2 Å². The fraction of sp³-hybridized carbons (Fsp3) is 0.143. The lowest BCUT2D eigenvalue weighted by atomic mass is 10.2. The van der Waals surface area contributed by atoms with Gasteiger partial charge in [-0.15, -0.1) is 0 Å². The highest BCUT2D eigenvalue weighted by molar-refractivity contribution is 9.10. The zero-order valence-corrected chi connectivity index (χ0v) is 13.1. The number of ether oxygens (including phenoxy) is 1. The molecule has 0 atom stereocenters. The average molecular weight is 373 g/mol. The van der Waals surface area contributed by atoms with Crippen LogP contribution in [0.5, 0.6) is 5.75 Å². The highest BCUT2D eigenvalue weighted by atomic mass is 79.9. The Hall–Kier alpha value is -1.63. The lowest BCUT2D eigenvalue weighted by Crippen LogP contribution is -1.98. The summed E-state index contributed by atoms with van der Waals surface area (Å²) in [4.78, 5) is 10.2. The number of hydrogen-bond donors (Lipinski definition) is 1. The number of aliphatic hydroxyl groups is 1. The molecule has 0 amide bonds. The molecule has 0 unspecified atom stereocenters. The van der Waals surface area contributed by atoms with E-state index in [1.165, 1.54) is 12.1 Å². The summed E-state index contributed by atoms with van der Waals surface area (Å²) in [5.41, 5.74) is 1.47. The molecule has 0 aliphatic heterocycles. The summed E-state index contributed by atoms with van der Waals surface area (Å²) in [6.45, 7) is 0.130. The highest BCUT2D eigenvalue weighted by Gasteiger charge is 2.10. The van der Waals surface area contributed by atoms with Crippen molar-refractivity contribution in [2.24, 2.45) is 0 Å². The Balaban J connectivity index is 2.11. The van der Waals surface area contributed by atoms with Crippen LogP contribution < -0.4 is 4.74 Å². The molecule has 2 rings (SSSR count). The van der Waals surface area contributed by atoms with E-state index in [9.17, 15) is 10.1 Å². The number of nitrogens with zero attached hydrogens (tertiary/aromatic N) is 1. The van der Waals surface area contributed by atoms with Crippen LogP contribution in [0.25, 0.3) is 0 Å². The number of halogens is 2. The quantitative estimate of drug-likeness (QED) is 0.634. The highest BCUT2D eigenvalue weighted by Crippen LogP contribution is 2.28. The van der Waals surface area contributed by atoms with Gasteiger partial charge in [0.2, 0.25) is 0 Å². The predicted molar refractivity (Wildman–Crippen MR) is 82.5 cm³/mol. The molecule has 0 saturated carbocycles. The first-order chi connectivity index (χ1) is 10.0. The number of aliphatic hydroxyl groups excluding tert-OH is 1. The summed E-state index contributed by atoms with van der Waals surface area (Å²) in [5.74, 6) is 0.485. The Morgan fingerprint density at radius 1 is 1.29 bits per heavy atom. The van der Waals surface area contributed by atoms with Crippen LogP contribution in [0.1, 0.15) is 11.1 Å². The summed E-state index contributed by atoms with van der Waals surface area (Å²) < 4.78 is 6.19. The molecule has 0 aromatic heterocycles. The van der Waals surface area contributed by atoms with Gasteiger partial charge in [0, 0.05) is 22.2 Å². The number of hydrogen-bond acceptors (Lipinski definition) is 4. The number of benzene rings is 2. The van der Waals surface area contributed by atoms with E-state index in [0.29, 0.717) is 20.8 Å². The van der Waals surface area contributed by atoms with Gasteiger partial charge in [0.1, 0.15) is 12.4 Å². The van der Waals surface area contributed by atoms with Gasteiger partial charge in [0.05, 0.1) is 16.6 Å². The fourth-order valence-electron chi connectivity index (χ4n) is 1.68. The zero-order chi connectivity index (χ0) is 15.4. The Bertz CT molecular complexity index is 678. The van der Waals surface area contributed by atoms with E-state index in [2.05, 4.69) is 15.9 Å². The van der Waals surface area contributed by atoms with Crippen LogP contribution in [0.2, 0.25) is 5.02 Å². The Kier molecular flexibility index (Phi) is 5.17. The van der Waals surface area contributed by atoms with E-state index in [1.54, 1.807) is 24.3 Å². The van der Waals surface area contributed by atoms with Gasteiger partial charge >= 0.3 is 0 Å². The third kappa shape index (κ3) is 3.93. The average Bonchev–Trinajstić information content (AvgIpc) is 2.46. The van der Waals surface area contributed by atoms with Gasteiger partial charge in [0.15, 0.2) is 0 Å². The van der Waals surface area contributed by atoms with Gasteiger partial charge in [-0.3, -0.25) is 10.1 Å². The van der Waals surface area contributed by atoms with Crippen molar-refractivity contribution >= 4 is 33.2 Å². The maximum atomic E-state index is 10.7. The second kappa shape index (κ2) is 6.89. The number of non-ortho nitro benzene ring substituents is 1. The number of rotatable bonds is 5. The van der Waals surface area contributed by atoms with Crippen molar-refractivity contribution in [3.63, 3.8) is 0 Å². The number of nitro benzene ring substituents is 1. The molecular weight excluding hydrogens is 362 g/mol. The Morgan fingerprint density at radius 3 is 2.62 bits per heavy atom. The molecule has 110 valence electrons. The van der Waals surface area contributed by atoms with E-state index in [0.717, 1.165) is 5.56 Å². The first-order valence-electron chi connectivity index (χ1n) is 5.96. The Morgan fingerprint density at radius 2 is 2.05 bits per heavy atom. The van der Waals surface area contributed by atoms with Gasteiger partial charge in [-0.05, 0) is 23.8 Å². The molecule has 0 aliphatic carbocycles. The van der Waals surface area contributed by atoms with E-state index in [-0.39, 0.29) is 18.9 Å². The van der Waals surface area contributed by atoms with Crippen LogP contribution >= 0.6 is 27.5 Å². The van der Waals surface area contributed by atoms with Crippen molar-refractivity contribution in [1.82, 2.24) is 0 Å². The molecule has 0 heterocycles. The normalized spacial score (nSPS) is 10.4. The predicted octanol–water partition coefficient (Wildman–Crippen LogP) is 4.08. The number of nitro groups is 1. The van der Waals surface area contributed by atoms with Crippen LogP contribution in [-0.4, -0.2) is 10.0 Å². The molecule has 7 heteroatoms. The van der Waals surface area contributed by atoms with Gasteiger partial charge in [-0.25, -0.2) is 0 Å². The molecule has 0 fully saturated rings. The third-order valence-corrected chi connectivity index (χ3v) is 3.84. The summed E-state index contributed by atoms with van der Waals surface area (Å²) in [6.07, 6.45) is 0. The molecule has 0 spiro atoms. The molecule has 2 aromatic rings. The topological polar surface area (TPSA) is 72.6 Å². The lowest BCUT2D eigenvalue weighted by Gasteiger charge is -2.10. The first kappa shape index (κ1) is 15.8. The summed E-state index contributed by atoms with van der Waals surface area (Å²) in [6, 6.07) is 9.48.